The molecule has 0 N–H and O–H groups in total. The summed E-state index contributed by atoms with van der Waals surface area (Å²) in [4.78, 5) is 9.72. The zero-order chi connectivity index (χ0) is 30.2. The maximum Gasteiger partial charge on any atom is 0.124 e. The summed E-state index contributed by atoms with van der Waals surface area (Å²) in [6.07, 6.45) is 0. The Kier molecular flexibility index (Phi) is 5.99. The quantitative estimate of drug-likeness (QED) is 0.188. The van der Waals surface area contributed by atoms with Crippen molar-refractivity contribution in [3.8, 4) is 43.4 Å². The van der Waals surface area contributed by atoms with Gasteiger partial charge in [0.2, 0.25) is 0 Å². The van der Waals surface area contributed by atoms with Crippen LogP contribution in [0, 0.1) is 0 Å². The Labute approximate surface area is 280 Å². The van der Waals surface area contributed by atoms with Crippen molar-refractivity contribution in [3.63, 3.8) is 0 Å². The Bertz CT molecular complexity index is 2690. The van der Waals surface area contributed by atoms with Crippen LogP contribution in [-0.2, 0) is 0 Å². The largest absolute Gasteiger partial charge is 0.236 e. The van der Waals surface area contributed by atoms with Crippen LogP contribution >= 0.6 is 45.3 Å². The fourth-order valence-electron chi connectivity index (χ4n) is 6.24. The minimum Gasteiger partial charge on any atom is -0.236 e. The van der Waals surface area contributed by atoms with Gasteiger partial charge in [-0.1, -0.05) is 91.0 Å². The molecule has 6 heteroatoms. The normalized spacial score (nSPS) is 11.9. The summed E-state index contributed by atoms with van der Waals surface area (Å²) in [7, 11) is 0. The molecule has 46 heavy (non-hydrogen) atoms. The van der Waals surface area contributed by atoms with Crippen molar-refractivity contribution in [2.24, 2.45) is 0 Å². The van der Waals surface area contributed by atoms with Gasteiger partial charge >= 0.3 is 0 Å². The van der Waals surface area contributed by atoms with E-state index in [9.17, 15) is 0 Å². The Hall–Kier alpha value is -4.72. The van der Waals surface area contributed by atoms with Gasteiger partial charge in [0, 0.05) is 31.3 Å². The lowest BCUT2D eigenvalue weighted by Crippen LogP contribution is -1.80. The van der Waals surface area contributed by atoms with Gasteiger partial charge < -0.3 is 0 Å². The lowest BCUT2D eigenvalue weighted by atomic mass is 10.0. The molecule has 0 aliphatic rings. The van der Waals surface area contributed by atoms with Crippen molar-refractivity contribution in [2.75, 3.05) is 0 Å². The number of rotatable bonds is 4. The maximum atomic E-state index is 4.89. The van der Waals surface area contributed by atoms with E-state index >= 15 is 0 Å². The first kappa shape index (κ1) is 26.5. The van der Waals surface area contributed by atoms with Crippen LogP contribution in [0.15, 0.2) is 133 Å². The fourth-order valence-corrected chi connectivity index (χ4v) is 10.9. The molecule has 2 nitrogen and oxygen atoms in total. The minimum atomic E-state index is 1.06. The molecule has 0 spiro atoms. The molecule has 0 bridgehead atoms. The smallest absolute Gasteiger partial charge is 0.124 e. The highest BCUT2D eigenvalue weighted by atomic mass is 32.1. The highest BCUT2D eigenvalue weighted by molar-refractivity contribution is 7.36. The number of fused-ring (bicyclic) bond motifs is 7. The first-order valence-corrected chi connectivity index (χ1v) is 18.3. The number of benzene rings is 6. The second-order valence-corrected chi connectivity index (χ2v) is 15.6. The zero-order valence-corrected chi connectivity index (χ0v) is 27.5. The van der Waals surface area contributed by atoms with E-state index < -0.39 is 0 Å². The molecular weight excluding hydrogens is 637 g/mol. The molecule has 0 aliphatic carbocycles. The third-order valence-electron chi connectivity index (χ3n) is 8.58. The molecule has 0 unspecified atom stereocenters. The molecular formula is C40H22N2S4. The number of thiophene rings is 2. The molecule has 0 amide bonds. The average Bonchev–Trinajstić information content (AvgIpc) is 3.89. The van der Waals surface area contributed by atoms with Crippen LogP contribution in [0.2, 0.25) is 0 Å². The lowest BCUT2D eigenvalue weighted by molar-refractivity contribution is 1.48. The molecule has 0 aliphatic heterocycles. The second-order valence-electron chi connectivity index (χ2n) is 11.4. The number of nitrogens with zero attached hydrogens (tertiary/aromatic N) is 2. The number of thiazole rings is 2. The summed E-state index contributed by atoms with van der Waals surface area (Å²) in [5.74, 6) is 0. The van der Waals surface area contributed by atoms with Crippen LogP contribution in [0.25, 0.3) is 93.4 Å². The monoisotopic (exact) mass is 658 g/mol. The zero-order valence-electron chi connectivity index (χ0n) is 24.2. The van der Waals surface area contributed by atoms with Gasteiger partial charge in [-0.3, -0.25) is 0 Å². The minimum absolute atomic E-state index is 1.06. The molecule has 0 fully saturated rings. The highest BCUT2D eigenvalue weighted by Gasteiger charge is 2.15. The first-order valence-electron chi connectivity index (χ1n) is 15.1. The van der Waals surface area contributed by atoms with Crippen molar-refractivity contribution in [2.45, 2.75) is 0 Å². The van der Waals surface area contributed by atoms with Gasteiger partial charge in [0.15, 0.2) is 0 Å². The predicted molar refractivity (Wildman–Crippen MR) is 203 cm³/mol. The Morgan fingerprint density at radius 1 is 0.326 bits per heavy atom. The predicted octanol–water partition coefficient (Wildman–Crippen LogP) is 13.2. The molecule has 10 aromatic rings. The second kappa shape index (κ2) is 10.4. The van der Waals surface area contributed by atoms with Gasteiger partial charge in [-0.2, -0.15) is 0 Å². The molecule has 0 saturated carbocycles. The third kappa shape index (κ3) is 4.33. The summed E-state index contributed by atoms with van der Waals surface area (Å²) < 4.78 is 7.88. The molecule has 0 saturated heterocycles. The number of hydrogen-bond acceptors (Lipinski definition) is 6. The van der Waals surface area contributed by atoms with E-state index in [0.29, 0.717) is 0 Å². The van der Waals surface area contributed by atoms with E-state index in [1.807, 2.05) is 28.7 Å². The Morgan fingerprint density at radius 3 is 1.41 bits per heavy atom. The van der Waals surface area contributed by atoms with Crippen molar-refractivity contribution in [1.29, 1.82) is 0 Å². The standard InChI is InChI=1S/C40H22N2S4/c1-3-10-33-31(8-1)41-39(45-33)24-14-12-23(13-15-24)26-16-18-29-35(21-26)43-38-30-19-17-27(22-36(30)44-37(29)38)25-6-5-7-28(20-25)40-42-32-9-2-4-11-34(32)46-40/h1-22H. The maximum absolute atomic E-state index is 4.89. The van der Waals surface area contributed by atoms with E-state index in [0.717, 1.165) is 26.6 Å². The van der Waals surface area contributed by atoms with E-state index in [4.69, 9.17) is 9.97 Å². The van der Waals surface area contributed by atoms with Gasteiger partial charge in [-0.05, 0) is 64.7 Å². The SMILES string of the molecule is c1cc(-c2ccc3c(c2)sc2c4ccc(-c5ccc(-c6nc7ccccc7s6)cc5)cc4sc32)cc(-c2nc3ccccc3s2)c1. The first-order chi connectivity index (χ1) is 22.7. The summed E-state index contributed by atoms with van der Waals surface area (Å²) in [5.41, 5.74) is 9.39. The van der Waals surface area contributed by atoms with Crippen molar-refractivity contribution < 1.29 is 0 Å². The van der Waals surface area contributed by atoms with Crippen LogP contribution < -0.4 is 0 Å². The summed E-state index contributed by atoms with van der Waals surface area (Å²) in [6.45, 7) is 0. The van der Waals surface area contributed by atoms with Crippen LogP contribution in [0.4, 0.5) is 0 Å². The topological polar surface area (TPSA) is 25.8 Å². The van der Waals surface area contributed by atoms with Gasteiger partial charge in [-0.25, -0.2) is 9.97 Å². The van der Waals surface area contributed by atoms with Crippen LogP contribution in [0.1, 0.15) is 0 Å². The molecule has 6 aromatic carbocycles. The van der Waals surface area contributed by atoms with Gasteiger partial charge in [-0.15, -0.1) is 45.3 Å². The van der Waals surface area contributed by atoms with E-state index in [1.165, 1.54) is 66.8 Å². The van der Waals surface area contributed by atoms with Gasteiger partial charge in [0.25, 0.3) is 0 Å². The number of aromatic nitrogens is 2. The van der Waals surface area contributed by atoms with Crippen molar-refractivity contribution >= 4 is 95.4 Å². The summed E-state index contributed by atoms with van der Waals surface area (Å²) >= 11 is 7.31. The third-order valence-corrected chi connectivity index (χ3v) is 13.3. The van der Waals surface area contributed by atoms with Crippen LogP contribution in [0.5, 0.6) is 0 Å². The molecule has 4 heterocycles. The highest BCUT2D eigenvalue weighted by Crippen LogP contribution is 2.46. The molecule has 4 aromatic heterocycles. The lowest BCUT2D eigenvalue weighted by Gasteiger charge is -2.05. The number of hydrogen-bond donors (Lipinski definition) is 0. The van der Waals surface area contributed by atoms with Gasteiger partial charge in [0.05, 0.1) is 29.8 Å². The Morgan fingerprint density at radius 2 is 0.804 bits per heavy atom. The number of para-hydroxylation sites is 2. The van der Waals surface area contributed by atoms with Crippen molar-refractivity contribution in [3.05, 3.63) is 133 Å². The van der Waals surface area contributed by atoms with Crippen molar-refractivity contribution in [1.82, 2.24) is 9.97 Å². The van der Waals surface area contributed by atoms with E-state index in [1.54, 1.807) is 22.7 Å². The average molecular weight is 659 g/mol. The Balaban J connectivity index is 0.975. The molecule has 0 radical (unpaired) electrons. The molecule has 10 rings (SSSR count). The summed E-state index contributed by atoms with van der Waals surface area (Å²) in [5, 5.41) is 4.82. The fraction of sp³-hybridized carbons (Fsp3) is 0. The van der Waals surface area contributed by atoms with E-state index in [-0.39, 0.29) is 0 Å². The van der Waals surface area contributed by atoms with Gasteiger partial charge in [0.1, 0.15) is 10.0 Å². The van der Waals surface area contributed by atoms with E-state index in [2.05, 4.69) is 127 Å². The molecule has 0 atom stereocenters. The van der Waals surface area contributed by atoms with Crippen LogP contribution in [0.3, 0.4) is 0 Å². The van der Waals surface area contributed by atoms with Crippen LogP contribution in [-0.4, -0.2) is 9.97 Å². The summed E-state index contributed by atoms with van der Waals surface area (Å²) in [6, 6.07) is 48.2. The molecule has 216 valence electrons.